The highest BCUT2D eigenvalue weighted by Gasteiger charge is 2.41. The van der Waals surface area contributed by atoms with Gasteiger partial charge >= 0.3 is 6.09 Å². The highest BCUT2D eigenvalue weighted by Crippen LogP contribution is 2.30. The van der Waals surface area contributed by atoms with Crippen LogP contribution in [0.3, 0.4) is 0 Å². The van der Waals surface area contributed by atoms with Gasteiger partial charge < -0.3 is 25.2 Å². The third-order valence-electron chi connectivity index (χ3n) is 8.91. The number of hydrogen-bond acceptors (Lipinski definition) is 6. The predicted octanol–water partition coefficient (Wildman–Crippen LogP) is 6.10. The molecule has 42 heavy (non-hydrogen) atoms. The van der Waals surface area contributed by atoms with Gasteiger partial charge in [0.1, 0.15) is 11.8 Å². The first-order valence-electron chi connectivity index (χ1n) is 15.6. The summed E-state index contributed by atoms with van der Waals surface area (Å²) in [6.45, 7) is 1.07. The average Bonchev–Trinajstić information content (AvgIpc) is 3.55. The SMILES string of the molecule is O=C(NCc1cccs1)[C@@H]1CN(C(=O)Oc2ccccc2Br)CCN1C(=O)[C@@H](CC1CCCCC1)NC1CCCCC1. The van der Waals surface area contributed by atoms with Crippen molar-refractivity contribution in [3.8, 4) is 5.75 Å². The standard InChI is InChI=1S/C32H43BrN4O4S/c33-26-15-7-8-16-29(26)41-32(40)36-17-18-37(28(22-36)30(38)34-21-25-14-9-19-42-25)31(39)27(20-23-10-3-1-4-11-23)35-24-12-5-2-6-13-24/h7-9,14-16,19,23-24,27-28,35H,1-6,10-13,17-18,20-22H2,(H,34,38)/t27-,28+/m1/s1. The first kappa shape index (κ1) is 31.0. The van der Waals surface area contributed by atoms with Gasteiger partial charge in [0.25, 0.3) is 0 Å². The molecular weight excluding hydrogens is 616 g/mol. The van der Waals surface area contributed by atoms with Crippen molar-refractivity contribution in [2.75, 3.05) is 19.6 Å². The van der Waals surface area contributed by atoms with E-state index in [-0.39, 0.29) is 30.9 Å². The molecule has 2 aliphatic carbocycles. The van der Waals surface area contributed by atoms with Crippen molar-refractivity contribution in [3.05, 3.63) is 51.1 Å². The number of benzene rings is 1. The van der Waals surface area contributed by atoms with Crippen LogP contribution in [-0.4, -0.2) is 65.5 Å². The van der Waals surface area contributed by atoms with Gasteiger partial charge in [-0.3, -0.25) is 9.59 Å². The summed E-state index contributed by atoms with van der Waals surface area (Å²) in [4.78, 5) is 45.6. The number of nitrogens with one attached hydrogen (secondary N) is 2. The summed E-state index contributed by atoms with van der Waals surface area (Å²) in [5.41, 5.74) is 0. The van der Waals surface area contributed by atoms with E-state index in [4.69, 9.17) is 4.74 Å². The number of carbonyl (C=O) groups excluding carboxylic acids is 3. The fraction of sp³-hybridized carbons (Fsp3) is 0.594. The smallest absolute Gasteiger partial charge is 0.409 e. The van der Waals surface area contributed by atoms with Gasteiger partial charge in [0.15, 0.2) is 0 Å². The normalized spacial score (nSPS) is 21.1. The Morgan fingerprint density at radius 1 is 0.952 bits per heavy atom. The van der Waals surface area contributed by atoms with Gasteiger partial charge in [0.05, 0.1) is 23.6 Å². The van der Waals surface area contributed by atoms with Crippen molar-refractivity contribution in [1.29, 1.82) is 0 Å². The molecule has 0 radical (unpaired) electrons. The summed E-state index contributed by atoms with van der Waals surface area (Å²) < 4.78 is 6.35. The molecular formula is C32H43BrN4O4S. The van der Waals surface area contributed by atoms with Crippen LogP contribution in [0.2, 0.25) is 0 Å². The zero-order valence-electron chi connectivity index (χ0n) is 24.3. The minimum atomic E-state index is -0.792. The Balaban J connectivity index is 1.32. The Morgan fingerprint density at radius 2 is 1.69 bits per heavy atom. The molecule has 1 aromatic heterocycles. The second kappa shape index (κ2) is 15.3. The van der Waals surface area contributed by atoms with Gasteiger partial charge in [-0.15, -0.1) is 11.3 Å². The van der Waals surface area contributed by atoms with E-state index in [9.17, 15) is 14.4 Å². The van der Waals surface area contributed by atoms with E-state index in [1.807, 2.05) is 29.6 Å². The van der Waals surface area contributed by atoms with Gasteiger partial charge in [-0.1, -0.05) is 69.6 Å². The monoisotopic (exact) mass is 658 g/mol. The molecule has 1 saturated heterocycles. The summed E-state index contributed by atoms with van der Waals surface area (Å²) in [6.07, 6.45) is 12.1. The molecule has 2 aromatic rings. The zero-order chi connectivity index (χ0) is 29.3. The number of carbonyl (C=O) groups is 3. The molecule has 228 valence electrons. The molecule has 0 bridgehead atoms. The fourth-order valence-corrected chi connectivity index (χ4v) is 7.59. The number of hydrogen-bond donors (Lipinski definition) is 2. The number of nitrogens with zero attached hydrogens (tertiary/aromatic N) is 2. The van der Waals surface area contributed by atoms with Crippen LogP contribution in [0.1, 0.15) is 75.5 Å². The Hall–Kier alpha value is -2.43. The van der Waals surface area contributed by atoms with E-state index < -0.39 is 12.1 Å². The molecule has 2 N–H and O–H groups in total. The van der Waals surface area contributed by atoms with Crippen LogP contribution < -0.4 is 15.4 Å². The summed E-state index contributed by atoms with van der Waals surface area (Å²) in [7, 11) is 0. The Labute approximate surface area is 261 Å². The van der Waals surface area contributed by atoms with Gasteiger partial charge in [0.2, 0.25) is 11.8 Å². The van der Waals surface area contributed by atoms with Crippen molar-refractivity contribution in [2.45, 2.75) is 95.3 Å². The van der Waals surface area contributed by atoms with Crippen LogP contribution >= 0.6 is 27.3 Å². The van der Waals surface area contributed by atoms with Crippen LogP contribution in [0.25, 0.3) is 0 Å². The number of amides is 3. The minimum absolute atomic E-state index is 0.0127. The molecule has 3 fully saturated rings. The van der Waals surface area contributed by atoms with E-state index in [0.717, 1.165) is 37.0 Å². The summed E-state index contributed by atoms with van der Waals surface area (Å²) in [5, 5.41) is 8.76. The Kier molecular flexibility index (Phi) is 11.3. The molecule has 10 heteroatoms. The maximum absolute atomic E-state index is 14.4. The minimum Gasteiger partial charge on any atom is -0.409 e. The predicted molar refractivity (Wildman–Crippen MR) is 168 cm³/mol. The number of halogens is 1. The first-order valence-corrected chi connectivity index (χ1v) is 17.2. The summed E-state index contributed by atoms with van der Waals surface area (Å²) >= 11 is 5.01. The molecule has 2 saturated carbocycles. The van der Waals surface area contributed by atoms with E-state index in [2.05, 4.69) is 26.6 Å². The van der Waals surface area contributed by atoms with Crippen LogP contribution in [0.5, 0.6) is 5.75 Å². The average molecular weight is 660 g/mol. The number of thiophene rings is 1. The molecule has 5 rings (SSSR count). The lowest BCUT2D eigenvalue weighted by atomic mass is 9.83. The van der Waals surface area contributed by atoms with Crippen molar-refractivity contribution in [2.24, 2.45) is 5.92 Å². The van der Waals surface area contributed by atoms with Crippen molar-refractivity contribution >= 4 is 45.2 Å². The van der Waals surface area contributed by atoms with Crippen LogP contribution in [0, 0.1) is 5.92 Å². The third kappa shape index (κ3) is 8.35. The van der Waals surface area contributed by atoms with Crippen molar-refractivity contribution in [3.63, 3.8) is 0 Å². The largest absolute Gasteiger partial charge is 0.415 e. The molecule has 3 amide bonds. The molecule has 2 heterocycles. The highest BCUT2D eigenvalue weighted by atomic mass is 79.9. The Morgan fingerprint density at radius 3 is 2.40 bits per heavy atom. The second-order valence-electron chi connectivity index (χ2n) is 11.9. The van der Waals surface area contributed by atoms with Crippen LogP contribution in [0.4, 0.5) is 4.79 Å². The maximum atomic E-state index is 14.4. The summed E-state index contributed by atoms with van der Waals surface area (Å²) in [6, 6.07) is 10.3. The lowest BCUT2D eigenvalue weighted by molar-refractivity contribution is -0.145. The summed E-state index contributed by atoms with van der Waals surface area (Å²) in [5.74, 6) is 0.685. The van der Waals surface area contributed by atoms with Crippen LogP contribution in [-0.2, 0) is 16.1 Å². The molecule has 2 atom stereocenters. The topological polar surface area (TPSA) is 91.0 Å². The Bertz CT molecular complexity index is 1160. The quantitative estimate of drug-likeness (QED) is 0.340. The number of para-hydroxylation sites is 1. The molecule has 1 aliphatic heterocycles. The number of ether oxygens (including phenoxy) is 1. The maximum Gasteiger partial charge on any atom is 0.415 e. The zero-order valence-corrected chi connectivity index (χ0v) is 26.7. The third-order valence-corrected chi connectivity index (χ3v) is 10.4. The van der Waals surface area contributed by atoms with E-state index in [1.165, 1.54) is 38.5 Å². The molecule has 3 aliphatic rings. The fourth-order valence-electron chi connectivity index (χ4n) is 6.58. The lowest BCUT2D eigenvalue weighted by Gasteiger charge is -2.42. The molecule has 1 aromatic carbocycles. The molecule has 0 spiro atoms. The number of piperazine rings is 1. The van der Waals surface area contributed by atoms with Crippen molar-refractivity contribution < 1.29 is 19.1 Å². The first-order chi connectivity index (χ1) is 20.5. The highest BCUT2D eigenvalue weighted by molar-refractivity contribution is 9.10. The van der Waals surface area contributed by atoms with E-state index in [1.54, 1.807) is 33.3 Å². The van der Waals surface area contributed by atoms with Crippen molar-refractivity contribution in [1.82, 2.24) is 20.4 Å². The van der Waals surface area contributed by atoms with E-state index >= 15 is 0 Å². The number of rotatable bonds is 9. The van der Waals surface area contributed by atoms with Gasteiger partial charge in [-0.2, -0.15) is 0 Å². The van der Waals surface area contributed by atoms with E-state index in [0.29, 0.717) is 35.3 Å². The van der Waals surface area contributed by atoms with Gasteiger partial charge in [-0.25, -0.2) is 4.79 Å². The van der Waals surface area contributed by atoms with Crippen LogP contribution in [0.15, 0.2) is 46.3 Å². The molecule has 0 unspecified atom stereocenters. The second-order valence-corrected chi connectivity index (χ2v) is 13.8. The molecule has 8 nitrogen and oxygen atoms in total. The lowest BCUT2D eigenvalue weighted by Crippen LogP contribution is -2.64. The van der Waals surface area contributed by atoms with Gasteiger partial charge in [-0.05, 0) is 64.7 Å². The van der Waals surface area contributed by atoms with Gasteiger partial charge in [0, 0.05) is 24.0 Å².